The fourth-order valence-electron chi connectivity index (χ4n) is 0.262. The van der Waals surface area contributed by atoms with Crippen molar-refractivity contribution in [2.45, 2.75) is 13.3 Å². The van der Waals surface area contributed by atoms with Crippen molar-refractivity contribution in [1.29, 1.82) is 0 Å². The van der Waals surface area contributed by atoms with Crippen molar-refractivity contribution in [3.05, 3.63) is 0 Å². The molecule has 0 bridgehead atoms. The Morgan fingerprint density at radius 2 is 2.38 bits per heavy atom. The van der Waals surface area contributed by atoms with Crippen LogP contribution in [0.4, 0.5) is 0 Å². The third-order valence-electron chi connectivity index (χ3n) is 0.537. The normalized spacial score (nSPS) is 12.8. The fraction of sp³-hybridized carbons (Fsp3) is 1.00. The van der Waals surface area contributed by atoms with Crippen LogP contribution in [0.1, 0.15) is 13.3 Å². The summed E-state index contributed by atoms with van der Waals surface area (Å²) < 4.78 is 2.88. The van der Waals surface area contributed by atoms with Gasteiger partial charge >= 0.3 is 0 Å². The maximum atomic E-state index is 2.68. The zero-order valence-electron chi connectivity index (χ0n) is 4.96. The van der Waals surface area contributed by atoms with Gasteiger partial charge in [-0.2, -0.15) is 40.0 Å². The van der Waals surface area contributed by atoms with E-state index in [1.165, 1.54) is 6.42 Å². The van der Waals surface area contributed by atoms with Gasteiger partial charge < -0.3 is 0 Å². The standard InChI is InChI=1S/C3H11I3Si2/c1-2-3-5-8-6-7-4/h2-3,7-8H2,1H3. The molecule has 0 atom stereocenters. The lowest BCUT2D eigenvalue weighted by Crippen LogP contribution is -1.74. The summed E-state index contributed by atoms with van der Waals surface area (Å²) in [6.07, 6.45) is 1.48. The summed E-state index contributed by atoms with van der Waals surface area (Å²) in [5, 5.41) is 0. The Kier molecular flexibility index (Phi) is 12.8. The Bertz CT molecular complexity index is 37.5. The summed E-state index contributed by atoms with van der Waals surface area (Å²) in [6.45, 7) is 2.33. The van der Waals surface area contributed by atoms with E-state index in [4.69, 9.17) is 0 Å². The first kappa shape index (κ1) is 10.6. The Hall–Kier alpha value is 2.62. The third kappa shape index (κ3) is 8.62. The van der Waals surface area contributed by atoms with Crippen molar-refractivity contribution in [3.63, 3.8) is 0 Å². The highest BCUT2D eigenvalue weighted by molar-refractivity contribution is 14.4. The van der Waals surface area contributed by atoms with Crippen LogP contribution < -0.4 is 0 Å². The van der Waals surface area contributed by atoms with Crippen LogP contribution in [-0.4, -0.2) is 13.5 Å². The van der Waals surface area contributed by atoms with Crippen LogP contribution in [0.3, 0.4) is 0 Å². The van der Waals surface area contributed by atoms with Gasteiger partial charge in [-0.25, -0.2) is 0 Å². The summed E-state index contributed by atoms with van der Waals surface area (Å²) >= 11 is 4.44. The first-order chi connectivity index (χ1) is 3.91. The van der Waals surface area contributed by atoms with Crippen molar-refractivity contribution in [3.8, 4) is 0 Å². The SMILES string of the molecule is CCC[I][SiH2][I][SiH2]I. The molecule has 0 aromatic heterocycles. The van der Waals surface area contributed by atoms with Gasteiger partial charge in [0.05, 0.1) is 0 Å². The molecule has 0 aromatic rings. The van der Waals surface area contributed by atoms with E-state index in [0.717, 1.165) is 40.0 Å². The molecule has 2 radical (unpaired) electrons. The van der Waals surface area contributed by atoms with Crippen molar-refractivity contribution in [2.24, 2.45) is 0 Å². The summed E-state index contributed by atoms with van der Waals surface area (Å²) in [7, 11) is 0. The summed E-state index contributed by atoms with van der Waals surface area (Å²) in [4.78, 5) is 0. The number of halogens is 3. The average Bonchev–Trinajstić information content (AvgIpc) is 1.81. The highest BCUT2D eigenvalue weighted by Crippen LogP contribution is 2.21. The number of hydrogen-bond acceptors (Lipinski definition) is 0. The lowest BCUT2D eigenvalue weighted by Gasteiger charge is -1.92. The van der Waals surface area contributed by atoms with Crippen molar-refractivity contribution in [2.75, 3.05) is 4.43 Å². The van der Waals surface area contributed by atoms with Crippen LogP contribution in [-0.2, 0) is 0 Å². The van der Waals surface area contributed by atoms with Crippen LogP contribution in [0.5, 0.6) is 0 Å². The Balaban J connectivity index is 2.53. The van der Waals surface area contributed by atoms with E-state index < -0.39 is 0 Å². The van der Waals surface area contributed by atoms with Gasteiger partial charge in [-0.1, -0.05) is 6.92 Å². The lowest BCUT2D eigenvalue weighted by molar-refractivity contribution is 1.13. The topological polar surface area (TPSA) is 0 Å². The Morgan fingerprint density at radius 3 is 2.88 bits per heavy atom. The van der Waals surface area contributed by atoms with Gasteiger partial charge in [0, 0.05) is 0 Å². The molecule has 0 spiro atoms. The van der Waals surface area contributed by atoms with Crippen molar-refractivity contribution < 1.29 is 0 Å². The summed E-state index contributed by atoms with van der Waals surface area (Å²) in [5.41, 5.74) is 0. The van der Waals surface area contributed by atoms with Crippen LogP contribution in [0, 0.1) is 0 Å². The molecule has 0 nitrogen and oxygen atoms in total. The molecule has 0 fully saturated rings. The Morgan fingerprint density at radius 1 is 1.62 bits per heavy atom. The molecule has 0 saturated carbocycles. The molecular weight excluding hydrogens is 473 g/mol. The van der Waals surface area contributed by atoms with E-state index in [-0.39, 0.29) is 0 Å². The first-order valence-electron chi connectivity index (χ1n) is 2.54. The van der Waals surface area contributed by atoms with Gasteiger partial charge in [0.15, 0.2) is 0 Å². The van der Waals surface area contributed by atoms with Crippen molar-refractivity contribution in [1.82, 2.24) is 0 Å². The highest BCUT2D eigenvalue weighted by atomic mass is 127. The van der Waals surface area contributed by atoms with E-state index in [9.17, 15) is 0 Å². The number of alkyl halides is 1. The van der Waals surface area contributed by atoms with E-state index in [2.05, 4.69) is 28.7 Å². The lowest BCUT2D eigenvalue weighted by atomic mass is 10.6. The smallest absolute Gasteiger partial charge is 0.146 e. The van der Waals surface area contributed by atoms with Gasteiger partial charge in [0.2, 0.25) is 0 Å². The van der Waals surface area contributed by atoms with Gasteiger partial charge in [-0.15, -0.1) is 21.8 Å². The highest BCUT2D eigenvalue weighted by Gasteiger charge is 1.85. The van der Waals surface area contributed by atoms with Gasteiger partial charge in [0.1, 0.15) is 9.03 Å². The predicted molar refractivity (Wildman–Crippen MR) is 74.3 cm³/mol. The maximum Gasteiger partial charge on any atom is 0.146 e. The minimum absolute atomic E-state index is 0.555. The van der Waals surface area contributed by atoms with E-state index in [1.807, 2.05) is 0 Å². The molecule has 8 heavy (non-hydrogen) atoms. The molecule has 0 heterocycles. The summed E-state index contributed by atoms with van der Waals surface area (Å²) in [6, 6.07) is 0. The van der Waals surface area contributed by atoms with Gasteiger partial charge in [0.25, 0.3) is 0 Å². The summed E-state index contributed by atoms with van der Waals surface area (Å²) in [5.74, 6) is 0. The zero-order chi connectivity index (χ0) is 6.24. The minimum Gasteiger partial charge on any atom is -0.187 e. The minimum atomic E-state index is 0.555. The van der Waals surface area contributed by atoms with Crippen LogP contribution >= 0.6 is 61.8 Å². The van der Waals surface area contributed by atoms with E-state index in [1.54, 1.807) is 4.43 Å². The van der Waals surface area contributed by atoms with Gasteiger partial charge in [-0.3, -0.25) is 0 Å². The molecule has 0 N–H and O–H groups in total. The van der Waals surface area contributed by atoms with E-state index in [0.29, 0.717) is 9.03 Å². The molecule has 52 valence electrons. The number of hydrogen-bond donors (Lipinski definition) is 0. The first-order valence-corrected chi connectivity index (χ1v) is 24.5. The maximum absolute atomic E-state index is 2.68. The molecule has 0 amide bonds. The van der Waals surface area contributed by atoms with Crippen molar-refractivity contribution >= 4 is 70.9 Å². The Labute approximate surface area is 86.9 Å². The zero-order valence-corrected chi connectivity index (χ0v) is 14.3. The second-order valence-electron chi connectivity index (χ2n) is 1.27. The second kappa shape index (κ2) is 9.62. The molecule has 0 saturated heterocycles. The molecule has 0 aliphatic rings. The van der Waals surface area contributed by atoms with Gasteiger partial charge in [-0.05, 0) is 10.8 Å². The molecule has 0 aromatic carbocycles. The third-order valence-corrected chi connectivity index (χ3v) is 71.5. The monoisotopic (exact) mass is 484 g/mol. The molecule has 0 rings (SSSR count). The van der Waals surface area contributed by atoms with E-state index >= 15 is 0 Å². The van der Waals surface area contributed by atoms with Crippen LogP contribution in [0.2, 0.25) is 0 Å². The average molecular weight is 484 g/mol. The fourth-order valence-corrected chi connectivity index (χ4v) is 103. The van der Waals surface area contributed by atoms with Crippen LogP contribution in [0.25, 0.3) is 0 Å². The molecule has 0 aliphatic carbocycles. The quantitative estimate of drug-likeness (QED) is 0.184. The molecule has 0 unspecified atom stereocenters. The second-order valence-corrected chi connectivity index (χ2v) is 44.3. The predicted octanol–water partition coefficient (Wildman–Crippen LogP) is 1.77. The molecule has 0 aliphatic heterocycles. The molecule has 5 heteroatoms. The van der Waals surface area contributed by atoms with Crippen LogP contribution in [0.15, 0.2) is 0 Å². The molecular formula is C3H11I3Si2. The number of rotatable bonds is 5. The largest absolute Gasteiger partial charge is 0.187 e.